The molecule has 0 aromatic heterocycles. The van der Waals surface area contributed by atoms with Crippen molar-refractivity contribution in [3.8, 4) is 11.5 Å². The van der Waals surface area contributed by atoms with Crippen molar-refractivity contribution in [3.63, 3.8) is 0 Å². The molecule has 3 N–H and O–H groups in total. The first kappa shape index (κ1) is 20.7. The van der Waals surface area contributed by atoms with Gasteiger partial charge < -0.3 is 24.6 Å². The molecule has 0 fully saturated rings. The van der Waals surface area contributed by atoms with E-state index >= 15 is 0 Å². The fourth-order valence-corrected chi connectivity index (χ4v) is 2.57. The Labute approximate surface area is 146 Å². The summed E-state index contributed by atoms with van der Waals surface area (Å²) in [6, 6.07) is 6.25. The van der Waals surface area contributed by atoms with Crippen molar-refractivity contribution in [2.24, 2.45) is 0 Å². The summed E-state index contributed by atoms with van der Waals surface area (Å²) in [5, 5.41) is 12.2. The maximum atomic E-state index is 10.0. The minimum Gasteiger partial charge on any atom is -0.493 e. The standard InChI is InChI=1S/C19H33NO4/c1-5-6-7-8-15(2)20-12-17(21)14-24-13-16-9-10-18(22-3)19(11-16)23-4/h9-11,15,17,20-21H,5-8,12-14H2,1-4H3/p+1/t15-,17-/m1/s1. The molecule has 0 unspecified atom stereocenters. The van der Waals surface area contributed by atoms with E-state index in [4.69, 9.17) is 14.2 Å². The summed E-state index contributed by atoms with van der Waals surface area (Å²) in [6.07, 6.45) is 4.56. The number of benzene rings is 1. The van der Waals surface area contributed by atoms with Crippen molar-refractivity contribution in [1.82, 2.24) is 0 Å². The molecule has 138 valence electrons. The van der Waals surface area contributed by atoms with Crippen LogP contribution in [0.25, 0.3) is 0 Å². The van der Waals surface area contributed by atoms with Crippen LogP contribution in [-0.4, -0.2) is 44.6 Å². The van der Waals surface area contributed by atoms with Crippen molar-refractivity contribution < 1.29 is 24.6 Å². The molecular formula is C19H34NO4+. The Bertz CT molecular complexity index is 453. The molecule has 5 nitrogen and oxygen atoms in total. The molecule has 0 aliphatic carbocycles. The molecule has 0 saturated heterocycles. The van der Waals surface area contributed by atoms with E-state index in [1.165, 1.54) is 25.7 Å². The second-order valence-electron chi connectivity index (χ2n) is 6.30. The molecule has 0 radical (unpaired) electrons. The molecule has 0 bridgehead atoms. The molecule has 0 aliphatic rings. The first-order valence-electron chi connectivity index (χ1n) is 8.90. The van der Waals surface area contributed by atoms with E-state index in [2.05, 4.69) is 19.2 Å². The Hall–Kier alpha value is -1.30. The predicted molar refractivity (Wildman–Crippen MR) is 95.6 cm³/mol. The van der Waals surface area contributed by atoms with Crippen LogP contribution in [0.5, 0.6) is 11.5 Å². The van der Waals surface area contributed by atoms with Crippen LogP contribution in [0, 0.1) is 0 Å². The summed E-state index contributed by atoms with van der Waals surface area (Å²) in [5.74, 6) is 1.39. The molecular weight excluding hydrogens is 306 g/mol. The zero-order valence-electron chi connectivity index (χ0n) is 15.6. The van der Waals surface area contributed by atoms with Crippen LogP contribution in [0.4, 0.5) is 0 Å². The summed E-state index contributed by atoms with van der Waals surface area (Å²) in [5.41, 5.74) is 0.997. The number of rotatable bonds is 13. The van der Waals surface area contributed by atoms with E-state index in [9.17, 15) is 5.11 Å². The summed E-state index contributed by atoms with van der Waals surface area (Å²) in [4.78, 5) is 0. The maximum Gasteiger partial charge on any atom is 0.161 e. The van der Waals surface area contributed by atoms with Crippen molar-refractivity contribution in [3.05, 3.63) is 23.8 Å². The number of hydrogen-bond acceptors (Lipinski definition) is 4. The Balaban J connectivity index is 2.24. The number of methoxy groups -OCH3 is 2. The second-order valence-corrected chi connectivity index (χ2v) is 6.30. The smallest absolute Gasteiger partial charge is 0.161 e. The molecule has 1 aromatic carbocycles. The lowest BCUT2D eigenvalue weighted by molar-refractivity contribution is -0.692. The van der Waals surface area contributed by atoms with E-state index < -0.39 is 6.10 Å². The molecule has 5 heteroatoms. The summed E-state index contributed by atoms with van der Waals surface area (Å²) >= 11 is 0. The van der Waals surface area contributed by atoms with Crippen LogP contribution in [0.15, 0.2) is 18.2 Å². The normalized spacial score (nSPS) is 13.5. The molecule has 1 rings (SSSR count). The van der Waals surface area contributed by atoms with Gasteiger partial charge in [-0.15, -0.1) is 0 Å². The maximum absolute atomic E-state index is 10.0. The highest BCUT2D eigenvalue weighted by Gasteiger charge is 2.11. The highest BCUT2D eigenvalue weighted by atomic mass is 16.5. The van der Waals surface area contributed by atoms with Crippen LogP contribution >= 0.6 is 0 Å². The Morgan fingerprint density at radius 2 is 1.88 bits per heavy atom. The van der Waals surface area contributed by atoms with Gasteiger partial charge in [-0.05, 0) is 37.5 Å². The Kier molecular flexibility index (Phi) is 10.5. The highest BCUT2D eigenvalue weighted by molar-refractivity contribution is 5.42. The van der Waals surface area contributed by atoms with E-state index in [0.717, 1.165) is 5.56 Å². The largest absolute Gasteiger partial charge is 0.493 e. The number of aliphatic hydroxyl groups excluding tert-OH is 1. The first-order valence-corrected chi connectivity index (χ1v) is 8.90. The van der Waals surface area contributed by atoms with Gasteiger partial charge in [0.25, 0.3) is 0 Å². The summed E-state index contributed by atoms with van der Waals surface area (Å²) in [6.45, 7) is 5.90. The van der Waals surface area contributed by atoms with Crippen molar-refractivity contribution in [2.45, 2.75) is 58.3 Å². The number of nitrogens with two attached hydrogens (primary N) is 1. The van der Waals surface area contributed by atoms with Crippen LogP contribution in [-0.2, 0) is 11.3 Å². The highest BCUT2D eigenvalue weighted by Crippen LogP contribution is 2.27. The number of aliphatic hydroxyl groups is 1. The van der Waals surface area contributed by atoms with E-state index in [1.807, 2.05) is 18.2 Å². The van der Waals surface area contributed by atoms with Gasteiger partial charge in [-0.2, -0.15) is 0 Å². The van der Waals surface area contributed by atoms with Gasteiger partial charge in [0.05, 0.1) is 33.5 Å². The van der Waals surface area contributed by atoms with Gasteiger partial charge in [0.2, 0.25) is 0 Å². The van der Waals surface area contributed by atoms with Gasteiger partial charge in [-0.25, -0.2) is 0 Å². The average Bonchev–Trinajstić information content (AvgIpc) is 2.60. The number of hydrogen-bond donors (Lipinski definition) is 2. The predicted octanol–water partition coefficient (Wildman–Crippen LogP) is 2.11. The van der Waals surface area contributed by atoms with Crippen molar-refractivity contribution in [2.75, 3.05) is 27.4 Å². The zero-order valence-corrected chi connectivity index (χ0v) is 15.6. The average molecular weight is 340 g/mol. The lowest BCUT2D eigenvalue weighted by atomic mass is 10.1. The van der Waals surface area contributed by atoms with Crippen molar-refractivity contribution >= 4 is 0 Å². The van der Waals surface area contributed by atoms with Gasteiger partial charge in [0, 0.05) is 0 Å². The number of ether oxygens (including phenoxy) is 3. The molecule has 2 atom stereocenters. The number of quaternary nitrogens is 1. The van der Waals surface area contributed by atoms with Gasteiger partial charge in [0.1, 0.15) is 12.6 Å². The fraction of sp³-hybridized carbons (Fsp3) is 0.684. The molecule has 0 amide bonds. The Morgan fingerprint density at radius 3 is 2.54 bits per heavy atom. The fourth-order valence-electron chi connectivity index (χ4n) is 2.57. The van der Waals surface area contributed by atoms with Gasteiger partial charge in [0.15, 0.2) is 11.5 Å². The van der Waals surface area contributed by atoms with E-state index in [0.29, 0.717) is 37.3 Å². The quantitative estimate of drug-likeness (QED) is 0.540. The van der Waals surface area contributed by atoms with Crippen LogP contribution in [0.1, 0.15) is 45.1 Å². The molecule has 0 aliphatic heterocycles. The van der Waals surface area contributed by atoms with Gasteiger partial charge in [-0.1, -0.05) is 25.8 Å². The zero-order chi connectivity index (χ0) is 17.8. The molecule has 24 heavy (non-hydrogen) atoms. The third-order valence-electron chi connectivity index (χ3n) is 4.10. The third kappa shape index (κ3) is 7.99. The van der Waals surface area contributed by atoms with Crippen LogP contribution in [0.3, 0.4) is 0 Å². The Morgan fingerprint density at radius 1 is 1.12 bits per heavy atom. The third-order valence-corrected chi connectivity index (χ3v) is 4.10. The van der Waals surface area contributed by atoms with E-state index in [-0.39, 0.29) is 0 Å². The molecule has 0 heterocycles. The van der Waals surface area contributed by atoms with Gasteiger partial charge in [-0.3, -0.25) is 0 Å². The number of unbranched alkanes of at least 4 members (excludes halogenated alkanes) is 2. The van der Waals surface area contributed by atoms with Crippen LogP contribution < -0.4 is 14.8 Å². The lowest BCUT2D eigenvalue weighted by Gasteiger charge is -2.15. The van der Waals surface area contributed by atoms with Gasteiger partial charge >= 0.3 is 0 Å². The minimum absolute atomic E-state index is 0.340. The second kappa shape index (κ2) is 12.1. The summed E-state index contributed by atoms with van der Waals surface area (Å²) in [7, 11) is 3.23. The summed E-state index contributed by atoms with van der Waals surface area (Å²) < 4.78 is 16.1. The SMILES string of the molecule is CCCCC[C@@H](C)[NH2+]C[C@@H](O)COCc1ccc(OC)c(OC)c1. The minimum atomic E-state index is -0.446. The monoisotopic (exact) mass is 340 g/mol. The molecule has 0 spiro atoms. The van der Waals surface area contributed by atoms with Crippen molar-refractivity contribution in [1.29, 1.82) is 0 Å². The van der Waals surface area contributed by atoms with E-state index in [1.54, 1.807) is 14.2 Å². The molecule has 0 saturated carbocycles. The first-order chi connectivity index (χ1) is 11.6. The molecule has 1 aromatic rings. The van der Waals surface area contributed by atoms with Crippen LogP contribution in [0.2, 0.25) is 0 Å². The lowest BCUT2D eigenvalue weighted by Crippen LogP contribution is -2.91. The topological polar surface area (TPSA) is 64.5 Å².